The van der Waals surface area contributed by atoms with Gasteiger partial charge < -0.3 is 4.90 Å². The number of rotatable bonds is 1. The molecule has 1 saturated heterocycles. The van der Waals surface area contributed by atoms with E-state index in [0.29, 0.717) is 5.57 Å². The van der Waals surface area contributed by atoms with Crippen LogP contribution in [0.5, 0.6) is 0 Å². The Bertz CT molecular complexity index is 272. The molecule has 1 rings (SSSR count). The summed E-state index contributed by atoms with van der Waals surface area (Å²) in [5, 5.41) is 0. The number of carbonyl (C=O) groups excluding carboxylic acids is 1. The Morgan fingerprint density at radius 3 is 2.83 bits per heavy atom. The van der Waals surface area contributed by atoms with Gasteiger partial charge in [0.15, 0.2) is 0 Å². The number of likely N-dealkylation sites (N-methyl/N-ethyl adjacent to an activating group) is 1. The van der Waals surface area contributed by atoms with Crippen molar-refractivity contribution in [3.63, 3.8) is 0 Å². The molecule has 0 saturated carbocycles. The fourth-order valence-electron chi connectivity index (χ4n) is 1.32. The molecule has 1 fully saturated rings. The van der Waals surface area contributed by atoms with Crippen LogP contribution >= 0.6 is 0 Å². The van der Waals surface area contributed by atoms with Crippen molar-refractivity contribution in [2.24, 2.45) is 0 Å². The number of likely N-dealkylation sites (tertiary alicyclic amines) is 1. The van der Waals surface area contributed by atoms with Crippen molar-refractivity contribution in [2.45, 2.75) is 13.3 Å². The summed E-state index contributed by atoms with van der Waals surface area (Å²) >= 11 is 0. The molecule has 0 bridgehead atoms. The number of carbonyl (C=O) groups is 1. The SMILES string of the molecule is C=C=C1CCN(CC)C(=O)C1=C. The van der Waals surface area contributed by atoms with Crippen molar-refractivity contribution < 1.29 is 4.79 Å². The monoisotopic (exact) mass is 163 g/mol. The molecule has 0 aromatic carbocycles. The van der Waals surface area contributed by atoms with Crippen LogP contribution in [-0.2, 0) is 4.79 Å². The lowest BCUT2D eigenvalue weighted by molar-refractivity contribution is -0.127. The third-order valence-corrected chi connectivity index (χ3v) is 2.14. The summed E-state index contributed by atoms with van der Waals surface area (Å²) in [5.41, 5.74) is 4.17. The van der Waals surface area contributed by atoms with E-state index in [-0.39, 0.29) is 5.91 Å². The van der Waals surface area contributed by atoms with E-state index in [4.69, 9.17) is 0 Å². The quantitative estimate of drug-likeness (QED) is 0.424. The largest absolute Gasteiger partial charge is 0.339 e. The van der Waals surface area contributed by atoms with Crippen molar-refractivity contribution >= 4 is 5.91 Å². The average Bonchev–Trinajstić information content (AvgIpc) is 2.10. The Kier molecular flexibility index (Phi) is 2.51. The van der Waals surface area contributed by atoms with Gasteiger partial charge in [-0.1, -0.05) is 13.2 Å². The van der Waals surface area contributed by atoms with Gasteiger partial charge in [-0.25, -0.2) is 0 Å². The molecule has 1 heterocycles. The Hall–Kier alpha value is -1.27. The highest BCUT2D eigenvalue weighted by Gasteiger charge is 2.23. The van der Waals surface area contributed by atoms with Gasteiger partial charge in [0.05, 0.1) is 0 Å². The molecule has 0 spiro atoms. The van der Waals surface area contributed by atoms with Gasteiger partial charge in [-0.3, -0.25) is 4.79 Å². The normalized spacial score (nSPS) is 18.1. The van der Waals surface area contributed by atoms with Crippen molar-refractivity contribution in [2.75, 3.05) is 13.1 Å². The molecule has 64 valence electrons. The summed E-state index contributed by atoms with van der Waals surface area (Å²) in [6.07, 6.45) is 0.835. The zero-order chi connectivity index (χ0) is 9.14. The first-order chi connectivity index (χ1) is 5.70. The minimum atomic E-state index is 0.0231. The fraction of sp³-hybridized carbons (Fsp3) is 0.400. The van der Waals surface area contributed by atoms with E-state index in [1.165, 1.54) is 0 Å². The van der Waals surface area contributed by atoms with Crippen molar-refractivity contribution in [1.82, 2.24) is 4.90 Å². The highest BCUT2D eigenvalue weighted by molar-refractivity contribution is 5.98. The van der Waals surface area contributed by atoms with Crippen LogP contribution in [0, 0.1) is 0 Å². The summed E-state index contributed by atoms with van der Waals surface area (Å²) in [6, 6.07) is 0. The van der Waals surface area contributed by atoms with Crippen LogP contribution in [0.4, 0.5) is 0 Å². The van der Waals surface area contributed by atoms with E-state index >= 15 is 0 Å². The third-order valence-electron chi connectivity index (χ3n) is 2.14. The molecule has 1 amide bonds. The molecule has 0 aromatic rings. The molecule has 0 radical (unpaired) electrons. The van der Waals surface area contributed by atoms with Gasteiger partial charge in [-0.2, -0.15) is 0 Å². The zero-order valence-corrected chi connectivity index (χ0v) is 7.39. The predicted octanol–water partition coefficient (Wildman–Crippen LogP) is 1.51. The average molecular weight is 163 g/mol. The molecule has 12 heavy (non-hydrogen) atoms. The highest BCUT2D eigenvalue weighted by Crippen LogP contribution is 2.20. The summed E-state index contributed by atoms with van der Waals surface area (Å²) in [5.74, 6) is 0.0231. The van der Waals surface area contributed by atoms with Crippen molar-refractivity contribution in [3.05, 3.63) is 30.0 Å². The molecule has 2 heteroatoms. The molecular weight excluding hydrogens is 150 g/mol. The van der Waals surface area contributed by atoms with Crippen LogP contribution in [0.15, 0.2) is 30.0 Å². The minimum absolute atomic E-state index is 0.0231. The number of nitrogens with zero attached hydrogens (tertiary/aromatic N) is 1. The number of piperidine rings is 1. The van der Waals surface area contributed by atoms with E-state index in [9.17, 15) is 4.79 Å². The Balaban J connectivity index is 2.86. The predicted molar refractivity (Wildman–Crippen MR) is 48.7 cm³/mol. The van der Waals surface area contributed by atoms with Gasteiger partial charge in [0, 0.05) is 24.2 Å². The van der Waals surface area contributed by atoms with Gasteiger partial charge in [0.2, 0.25) is 0 Å². The van der Waals surface area contributed by atoms with E-state index in [1.807, 2.05) is 6.92 Å². The Morgan fingerprint density at radius 1 is 1.67 bits per heavy atom. The summed E-state index contributed by atoms with van der Waals surface area (Å²) in [7, 11) is 0. The first-order valence-corrected chi connectivity index (χ1v) is 4.08. The summed E-state index contributed by atoms with van der Waals surface area (Å²) in [4.78, 5) is 13.2. The molecule has 0 aromatic heterocycles. The van der Waals surface area contributed by atoms with E-state index in [2.05, 4.69) is 18.9 Å². The maximum atomic E-state index is 11.5. The standard InChI is InChI=1S/C10H13NO/c1-4-9-6-7-11(5-2)10(12)8(9)3/h1,3,5-7H2,2H3. The molecule has 0 unspecified atom stereocenters. The van der Waals surface area contributed by atoms with Gasteiger partial charge in [-0.05, 0) is 13.3 Å². The first-order valence-electron chi connectivity index (χ1n) is 4.08. The molecule has 1 aliphatic heterocycles. The number of amides is 1. The maximum absolute atomic E-state index is 11.5. The van der Waals surface area contributed by atoms with Crippen LogP contribution in [0.2, 0.25) is 0 Å². The van der Waals surface area contributed by atoms with E-state index < -0.39 is 0 Å². The highest BCUT2D eigenvalue weighted by atomic mass is 16.2. The first kappa shape index (κ1) is 8.82. The zero-order valence-electron chi connectivity index (χ0n) is 7.39. The van der Waals surface area contributed by atoms with Gasteiger partial charge in [0.25, 0.3) is 5.91 Å². The third kappa shape index (κ3) is 1.34. The fourth-order valence-corrected chi connectivity index (χ4v) is 1.32. The molecule has 0 atom stereocenters. The minimum Gasteiger partial charge on any atom is -0.339 e. The molecule has 0 N–H and O–H groups in total. The lowest BCUT2D eigenvalue weighted by Gasteiger charge is -2.27. The van der Waals surface area contributed by atoms with Gasteiger partial charge >= 0.3 is 0 Å². The Morgan fingerprint density at radius 2 is 2.33 bits per heavy atom. The Labute approximate surface area is 72.9 Å². The van der Waals surface area contributed by atoms with Crippen LogP contribution in [0.25, 0.3) is 0 Å². The van der Waals surface area contributed by atoms with Crippen LogP contribution in [0.3, 0.4) is 0 Å². The second-order valence-electron chi connectivity index (χ2n) is 2.77. The van der Waals surface area contributed by atoms with Crippen LogP contribution in [-0.4, -0.2) is 23.9 Å². The molecule has 2 nitrogen and oxygen atoms in total. The summed E-state index contributed by atoms with van der Waals surface area (Å²) in [6.45, 7) is 10.7. The second kappa shape index (κ2) is 3.42. The number of hydrogen-bond acceptors (Lipinski definition) is 1. The smallest absolute Gasteiger partial charge is 0.254 e. The van der Waals surface area contributed by atoms with E-state index in [1.54, 1.807) is 4.90 Å². The topological polar surface area (TPSA) is 20.3 Å². The van der Waals surface area contributed by atoms with Crippen LogP contribution < -0.4 is 0 Å². The maximum Gasteiger partial charge on any atom is 0.254 e. The van der Waals surface area contributed by atoms with Gasteiger partial charge in [0.1, 0.15) is 0 Å². The summed E-state index contributed by atoms with van der Waals surface area (Å²) < 4.78 is 0. The lowest BCUT2D eigenvalue weighted by atomic mass is 10.00. The van der Waals surface area contributed by atoms with Crippen molar-refractivity contribution in [1.29, 1.82) is 0 Å². The second-order valence-corrected chi connectivity index (χ2v) is 2.77. The van der Waals surface area contributed by atoms with Crippen LogP contribution in [0.1, 0.15) is 13.3 Å². The van der Waals surface area contributed by atoms with E-state index in [0.717, 1.165) is 25.1 Å². The number of hydrogen-bond donors (Lipinski definition) is 0. The molecule has 1 aliphatic rings. The van der Waals surface area contributed by atoms with Crippen molar-refractivity contribution in [3.8, 4) is 0 Å². The lowest BCUT2D eigenvalue weighted by Crippen LogP contribution is -2.37. The molecular formula is C10H13NO. The molecule has 0 aliphatic carbocycles. The van der Waals surface area contributed by atoms with Gasteiger partial charge in [-0.15, -0.1) is 5.73 Å².